The van der Waals surface area contributed by atoms with Gasteiger partial charge >= 0.3 is 6.03 Å². The first-order chi connectivity index (χ1) is 12.0. The van der Waals surface area contributed by atoms with Gasteiger partial charge in [0.05, 0.1) is 0 Å². The molecule has 25 heavy (non-hydrogen) atoms. The number of benzene rings is 1. The SMILES string of the molecule is CCCC(NC(=O)NCc1ccc(F)cc1)C(=O)N(C)CCCOC. The molecule has 0 aliphatic heterocycles. The van der Waals surface area contributed by atoms with Crippen molar-refractivity contribution in [1.82, 2.24) is 15.5 Å². The van der Waals surface area contributed by atoms with Crippen LogP contribution in [0.5, 0.6) is 0 Å². The fourth-order valence-electron chi connectivity index (χ4n) is 2.36. The first-order valence-corrected chi connectivity index (χ1v) is 8.50. The summed E-state index contributed by atoms with van der Waals surface area (Å²) in [5.41, 5.74) is 0.784. The van der Waals surface area contributed by atoms with Gasteiger partial charge in [0.2, 0.25) is 5.91 Å². The van der Waals surface area contributed by atoms with E-state index in [1.807, 2.05) is 6.92 Å². The molecule has 7 heteroatoms. The van der Waals surface area contributed by atoms with Crippen molar-refractivity contribution in [3.8, 4) is 0 Å². The van der Waals surface area contributed by atoms with E-state index in [9.17, 15) is 14.0 Å². The van der Waals surface area contributed by atoms with Crippen LogP contribution in [0, 0.1) is 5.82 Å². The van der Waals surface area contributed by atoms with Gasteiger partial charge in [-0.1, -0.05) is 25.5 Å². The molecule has 0 heterocycles. The zero-order chi connectivity index (χ0) is 18.7. The predicted molar refractivity (Wildman–Crippen MR) is 94.6 cm³/mol. The highest BCUT2D eigenvalue weighted by atomic mass is 19.1. The van der Waals surface area contributed by atoms with Crippen molar-refractivity contribution >= 4 is 11.9 Å². The first-order valence-electron chi connectivity index (χ1n) is 8.50. The number of nitrogens with zero attached hydrogens (tertiary/aromatic N) is 1. The Balaban J connectivity index is 2.50. The van der Waals surface area contributed by atoms with E-state index in [1.165, 1.54) is 12.1 Å². The number of rotatable bonds is 10. The zero-order valence-electron chi connectivity index (χ0n) is 15.2. The van der Waals surface area contributed by atoms with Gasteiger partial charge in [-0.2, -0.15) is 0 Å². The third-order valence-electron chi connectivity index (χ3n) is 3.77. The molecule has 0 radical (unpaired) electrons. The van der Waals surface area contributed by atoms with Crippen LogP contribution in [-0.2, 0) is 16.1 Å². The van der Waals surface area contributed by atoms with Crippen molar-refractivity contribution in [2.45, 2.75) is 38.8 Å². The Morgan fingerprint density at radius 1 is 1.28 bits per heavy atom. The number of ether oxygens (including phenoxy) is 1. The molecular weight excluding hydrogens is 325 g/mol. The average Bonchev–Trinajstić information content (AvgIpc) is 2.60. The highest BCUT2D eigenvalue weighted by molar-refractivity contribution is 5.86. The second-order valence-electron chi connectivity index (χ2n) is 5.90. The lowest BCUT2D eigenvalue weighted by Crippen LogP contribution is -2.50. The van der Waals surface area contributed by atoms with Crippen LogP contribution in [0.1, 0.15) is 31.7 Å². The van der Waals surface area contributed by atoms with Crippen LogP contribution < -0.4 is 10.6 Å². The van der Waals surface area contributed by atoms with Crippen LogP contribution in [0.25, 0.3) is 0 Å². The predicted octanol–water partition coefficient (Wildman–Crippen LogP) is 2.29. The molecule has 1 aromatic rings. The number of hydrogen-bond acceptors (Lipinski definition) is 3. The van der Waals surface area contributed by atoms with Crippen LogP contribution in [-0.4, -0.2) is 50.2 Å². The topological polar surface area (TPSA) is 70.7 Å². The summed E-state index contributed by atoms with van der Waals surface area (Å²) in [6.45, 7) is 3.39. The Kier molecular flexibility index (Phi) is 9.54. The number of nitrogens with one attached hydrogen (secondary N) is 2. The van der Waals surface area contributed by atoms with E-state index in [1.54, 1.807) is 31.2 Å². The highest BCUT2D eigenvalue weighted by Gasteiger charge is 2.22. The Hall–Kier alpha value is -2.15. The van der Waals surface area contributed by atoms with Crippen LogP contribution in [0.2, 0.25) is 0 Å². The number of urea groups is 1. The summed E-state index contributed by atoms with van der Waals surface area (Å²) >= 11 is 0. The molecule has 140 valence electrons. The molecule has 0 spiro atoms. The number of hydrogen-bond donors (Lipinski definition) is 2. The minimum Gasteiger partial charge on any atom is -0.385 e. The largest absolute Gasteiger partial charge is 0.385 e. The minimum absolute atomic E-state index is 0.116. The molecule has 3 amide bonds. The quantitative estimate of drug-likeness (QED) is 0.634. The van der Waals surface area contributed by atoms with E-state index in [-0.39, 0.29) is 18.3 Å². The molecule has 1 atom stereocenters. The monoisotopic (exact) mass is 353 g/mol. The molecular formula is C18H28FN3O3. The summed E-state index contributed by atoms with van der Waals surface area (Å²) < 4.78 is 17.9. The molecule has 0 fully saturated rings. The molecule has 2 N–H and O–H groups in total. The highest BCUT2D eigenvalue weighted by Crippen LogP contribution is 2.04. The maximum Gasteiger partial charge on any atom is 0.315 e. The van der Waals surface area contributed by atoms with Gasteiger partial charge in [0.15, 0.2) is 0 Å². The molecule has 6 nitrogen and oxygen atoms in total. The van der Waals surface area contributed by atoms with Crippen LogP contribution >= 0.6 is 0 Å². The molecule has 0 aliphatic rings. The Morgan fingerprint density at radius 2 is 1.96 bits per heavy atom. The molecule has 1 rings (SSSR count). The summed E-state index contributed by atoms with van der Waals surface area (Å²) in [5.74, 6) is -0.437. The van der Waals surface area contributed by atoms with Gasteiger partial charge in [0.1, 0.15) is 11.9 Å². The van der Waals surface area contributed by atoms with Crippen molar-refractivity contribution < 1.29 is 18.7 Å². The maximum absolute atomic E-state index is 12.9. The van der Waals surface area contributed by atoms with Crippen LogP contribution in [0.15, 0.2) is 24.3 Å². The minimum atomic E-state index is -0.564. The van der Waals surface area contributed by atoms with E-state index in [0.717, 1.165) is 18.4 Å². The third-order valence-corrected chi connectivity index (χ3v) is 3.77. The standard InChI is InChI=1S/C18H28FN3O3/c1-4-6-16(17(23)22(2)11-5-12-25-3)21-18(24)20-13-14-7-9-15(19)10-8-14/h7-10,16H,4-6,11-13H2,1-3H3,(H2,20,21,24). The Bertz CT molecular complexity index is 537. The normalized spacial score (nSPS) is 11.7. The third kappa shape index (κ3) is 7.98. The van der Waals surface area contributed by atoms with Crippen molar-refractivity contribution in [2.75, 3.05) is 27.3 Å². The van der Waals surface area contributed by atoms with Gasteiger partial charge in [0.25, 0.3) is 0 Å². The summed E-state index contributed by atoms with van der Waals surface area (Å²) in [4.78, 5) is 26.2. The van der Waals surface area contributed by atoms with Crippen molar-refractivity contribution in [2.24, 2.45) is 0 Å². The smallest absolute Gasteiger partial charge is 0.315 e. The summed E-state index contributed by atoms with van der Waals surface area (Å²) in [5, 5.41) is 5.41. The second kappa shape index (κ2) is 11.4. The van der Waals surface area contributed by atoms with Crippen LogP contribution in [0.3, 0.4) is 0 Å². The van der Waals surface area contributed by atoms with Gasteiger partial charge in [0, 0.05) is 33.9 Å². The van der Waals surface area contributed by atoms with E-state index in [0.29, 0.717) is 19.6 Å². The maximum atomic E-state index is 12.9. The lowest BCUT2D eigenvalue weighted by molar-refractivity contribution is -0.132. The van der Waals surface area contributed by atoms with Crippen molar-refractivity contribution in [1.29, 1.82) is 0 Å². The van der Waals surface area contributed by atoms with E-state index in [4.69, 9.17) is 4.74 Å². The van der Waals surface area contributed by atoms with E-state index < -0.39 is 12.1 Å². The van der Waals surface area contributed by atoms with E-state index >= 15 is 0 Å². The fourth-order valence-corrected chi connectivity index (χ4v) is 2.36. The van der Waals surface area contributed by atoms with Gasteiger partial charge < -0.3 is 20.3 Å². The number of carbonyl (C=O) groups excluding carboxylic acids is 2. The summed E-state index contributed by atoms with van der Waals surface area (Å²) in [7, 11) is 3.34. The number of likely N-dealkylation sites (N-methyl/N-ethyl adjacent to an activating group) is 1. The lowest BCUT2D eigenvalue weighted by atomic mass is 10.1. The molecule has 0 saturated heterocycles. The second-order valence-corrected chi connectivity index (χ2v) is 5.90. The van der Waals surface area contributed by atoms with E-state index in [2.05, 4.69) is 10.6 Å². The first kappa shape index (κ1) is 20.9. The molecule has 0 aliphatic carbocycles. The molecule has 0 saturated carbocycles. The molecule has 0 bridgehead atoms. The number of amides is 3. The lowest BCUT2D eigenvalue weighted by Gasteiger charge is -2.24. The number of halogens is 1. The van der Waals surface area contributed by atoms with Gasteiger partial charge in [-0.3, -0.25) is 4.79 Å². The number of methoxy groups -OCH3 is 1. The van der Waals surface area contributed by atoms with Gasteiger partial charge in [-0.05, 0) is 30.5 Å². The molecule has 1 unspecified atom stereocenters. The average molecular weight is 353 g/mol. The Morgan fingerprint density at radius 3 is 2.56 bits per heavy atom. The van der Waals surface area contributed by atoms with Gasteiger partial charge in [-0.25, -0.2) is 9.18 Å². The Labute approximate surface area is 148 Å². The van der Waals surface area contributed by atoms with Crippen molar-refractivity contribution in [3.63, 3.8) is 0 Å². The molecule has 1 aromatic carbocycles. The zero-order valence-corrected chi connectivity index (χ0v) is 15.2. The summed E-state index contributed by atoms with van der Waals surface area (Å²) in [6, 6.07) is 4.91. The van der Waals surface area contributed by atoms with Crippen LogP contribution in [0.4, 0.5) is 9.18 Å². The number of carbonyl (C=O) groups is 2. The fraction of sp³-hybridized carbons (Fsp3) is 0.556. The van der Waals surface area contributed by atoms with Gasteiger partial charge in [-0.15, -0.1) is 0 Å². The summed E-state index contributed by atoms with van der Waals surface area (Å²) in [6.07, 6.45) is 2.09. The molecule has 0 aromatic heterocycles. The van der Waals surface area contributed by atoms with Crippen molar-refractivity contribution in [3.05, 3.63) is 35.6 Å².